The molecule has 1 heterocycles. The molecule has 1 unspecified atom stereocenters. The Labute approximate surface area is 101 Å². The lowest BCUT2D eigenvalue weighted by Gasteiger charge is -2.20. The van der Waals surface area contributed by atoms with Crippen molar-refractivity contribution in [2.24, 2.45) is 10.2 Å². The lowest BCUT2D eigenvalue weighted by Crippen LogP contribution is -2.32. The van der Waals surface area contributed by atoms with E-state index in [2.05, 4.69) is 46.3 Å². The minimum atomic E-state index is 0.137. The molecule has 1 aromatic rings. The quantitative estimate of drug-likeness (QED) is 0.748. The van der Waals surface area contributed by atoms with Crippen LogP contribution in [0.15, 0.2) is 40.6 Å². The number of nitrogens with zero attached hydrogens (tertiary/aromatic N) is 3. The van der Waals surface area contributed by atoms with E-state index in [1.54, 1.807) is 0 Å². The first-order valence-electron chi connectivity index (χ1n) is 5.56. The van der Waals surface area contributed by atoms with Crippen molar-refractivity contribution in [3.8, 4) is 0 Å². The Bertz CT molecular complexity index is 389. The number of hydrogen-bond donors (Lipinski definition) is 0. The molecule has 2 rings (SSSR count). The van der Waals surface area contributed by atoms with Crippen LogP contribution in [0, 0.1) is 0 Å². The molecule has 0 saturated heterocycles. The highest BCUT2D eigenvalue weighted by Crippen LogP contribution is 2.18. The van der Waals surface area contributed by atoms with Crippen LogP contribution in [0.25, 0.3) is 0 Å². The first kappa shape index (κ1) is 11.2. The molecule has 0 saturated carbocycles. The Morgan fingerprint density at radius 3 is 2.75 bits per heavy atom. The monoisotopic (exact) mass is 233 g/mol. The van der Waals surface area contributed by atoms with Crippen molar-refractivity contribution in [1.82, 2.24) is 4.90 Å². The second-order valence-corrected chi connectivity index (χ2v) is 4.15. The van der Waals surface area contributed by atoms with Gasteiger partial charge in [-0.25, -0.2) is 0 Å². The molecule has 0 amide bonds. The van der Waals surface area contributed by atoms with E-state index in [0.717, 1.165) is 19.4 Å². The van der Waals surface area contributed by atoms with Crippen LogP contribution in [0.3, 0.4) is 0 Å². The summed E-state index contributed by atoms with van der Waals surface area (Å²) >= 11 is 5.11. The summed E-state index contributed by atoms with van der Waals surface area (Å²) in [6.45, 7) is 2.96. The van der Waals surface area contributed by atoms with Crippen molar-refractivity contribution < 1.29 is 0 Å². The molecule has 0 spiro atoms. The highest BCUT2D eigenvalue weighted by atomic mass is 32.1. The SMILES string of the molecule is CCN1C(=S)N=NC1CCc1ccccc1. The highest BCUT2D eigenvalue weighted by Gasteiger charge is 2.24. The molecule has 16 heavy (non-hydrogen) atoms. The van der Waals surface area contributed by atoms with E-state index in [4.69, 9.17) is 12.2 Å². The Balaban J connectivity index is 1.91. The summed E-state index contributed by atoms with van der Waals surface area (Å²) in [7, 11) is 0. The largest absolute Gasteiger partial charge is 0.322 e. The molecule has 0 aliphatic carbocycles. The normalized spacial score (nSPS) is 19.4. The molecular weight excluding hydrogens is 218 g/mol. The van der Waals surface area contributed by atoms with Gasteiger partial charge in [-0.15, -0.1) is 5.11 Å². The fourth-order valence-corrected chi connectivity index (χ4v) is 2.16. The van der Waals surface area contributed by atoms with Crippen molar-refractivity contribution in [2.75, 3.05) is 6.54 Å². The molecule has 0 aromatic heterocycles. The van der Waals surface area contributed by atoms with Gasteiger partial charge in [0.25, 0.3) is 0 Å². The number of thiocarbonyl (C=S) groups is 1. The second kappa shape index (κ2) is 5.16. The Kier molecular flexibility index (Phi) is 3.62. The number of rotatable bonds is 4. The molecular formula is C12H15N3S. The summed E-state index contributed by atoms with van der Waals surface area (Å²) in [4.78, 5) is 2.07. The van der Waals surface area contributed by atoms with Crippen molar-refractivity contribution in [3.63, 3.8) is 0 Å². The average molecular weight is 233 g/mol. The Hall–Kier alpha value is -1.29. The Morgan fingerprint density at radius 2 is 2.06 bits per heavy atom. The van der Waals surface area contributed by atoms with Crippen molar-refractivity contribution in [3.05, 3.63) is 35.9 Å². The third-order valence-electron chi connectivity index (χ3n) is 2.76. The van der Waals surface area contributed by atoms with E-state index in [9.17, 15) is 0 Å². The van der Waals surface area contributed by atoms with E-state index in [1.807, 2.05) is 6.07 Å². The van der Waals surface area contributed by atoms with Gasteiger partial charge in [0.2, 0.25) is 5.11 Å². The van der Waals surface area contributed by atoms with Gasteiger partial charge in [-0.05, 0) is 37.5 Å². The van der Waals surface area contributed by atoms with Gasteiger partial charge in [-0.1, -0.05) is 30.3 Å². The van der Waals surface area contributed by atoms with Crippen LogP contribution in [-0.2, 0) is 6.42 Å². The topological polar surface area (TPSA) is 28.0 Å². The predicted octanol–water partition coefficient (Wildman–Crippen LogP) is 3.02. The first-order valence-corrected chi connectivity index (χ1v) is 5.97. The average Bonchev–Trinajstić information content (AvgIpc) is 2.68. The minimum absolute atomic E-state index is 0.137. The van der Waals surface area contributed by atoms with Crippen molar-refractivity contribution in [1.29, 1.82) is 0 Å². The fourth-order valence-electron chi connectivity index (χ4n) is 1.86. The number of azo groups is 1. The predicted molar refractivity (Wildman–Crippen MR) is 68.4 cm³/mol. The third-order valence-corrected chi connectivity index (χ3v) is 3.07. The van der Waals surface area contributed by atoms with Gasteiger partial charge in [-0.3, -0.25) is 0 Å². The van der Waals surface area contributed by atoms with Gasteiger partial charge in [0.15, 0.2) is 0 Å². The zero-order chi connectivity index (χ0) is 11.4. The van der Waals surface area contributed by atoms with Crippen LogP contribution in [0.1, 0.15) is 18.9 Å². The summed E-state index contributed by atoms with van der Waals surface area (Å²) in [5.74, 6) is 0. The first-order chi connectivity index (χ1) is 7.81. The van der Waals surface area contributed by atoms with Crippen LogP contribution in [0.5, 0.6) is 0 Å². The number of hydrogen-bond acceptors (Lipinski definition) is 2. The molecule has 1 atom stereocenters. The maximum absolute atomic E-state index is 5.11. The van der Waals surface area contributed by atoms with Crippen molar-refractivity contribution in [2.45, 2.75) is 25.9 Å². The second-order valence-electron chi connectivity index (χ2n) is 3.79. The van der Waals surface area contributed by atoms with Crippen LogP contribution in [-0.4, -0.2) is 22.7 Å². The van der Waals surface area contributed by atoms with Crippen LogP contribution >= 0.6 is 12.2 Å². The molecule has 1 aromatic carbocycles. The molecule has 0 fully saturated rings. The van der Waals surface area contributed by atoms with E-state index in [1.165, 1.54) is 5.56 Å². The molecule has 0 bridgehead atoms. The minimum Gasteiger partial charge on any atom is -0.322 e. The van der Waals surface area contributed by atoms with Gasteiger partial charge in [0.05, 0.1) is 0 Å². The van der Waals surface area contributed by atoms with Gasteiger partial charge in [0.1, 0.15) is 6.17 Å². The number of aryl methyl sites for hydroxylation is 1. The van der Waals surface area contributed by atoms with Gasteiger partial charge in [0, 0.05) is 6.54 Å². The lowest BCUT2D eigenvalue weighted by molar-refractivity contribution is 0.337. The van der Waals surface area contributed by atoms with E-state index < -0.39 is 0 Å². The maximum atomic E-state index is 5.11. The summed E-state index contributed by atoms with van der Waals surface area (Å²) in [5.41, 5.74) is 1.34. The Morgan fingerprint density at radius 1 is 1.31 bits per heavy atom. The molecule has 1 aliphatic rings. The zero-order valence-corrected chi connectivity index (χ0v) is 10.2. The van der Waals surface area contributed by atoms with Crippen molar-refractivity contribution >= 4 is 17.3 Å². The molecule has 0 N–H and O–H groups in total. The number of benzene rings is 1. The summed E-state index contributed by atoms with van der Waals surface area (Å²) in [6.07, 6.45) is 2.13. The summed E-state index contributed by atoms with van der Waals surface area (Å²) < 4.78 is 0. The summed E-state index contributed by atoms with van der Waals surface area (Å²) in [5, 5.41) is 8.78. The van der Waals surface area contributed by atoms with Gasteiger partial charge >= 0.3 is 0 Å². The van der Waals surface area contributed by atoms with Crippen LogP contribution < -0.4 is 0 Å². The van der Waals surface area contributed by atoms with E-state index >= 15 is 0 Å². The standard InChI is InChI=1S/C12H15N3S/c1-2-15-11(13-14-12(15)16)9-8-10-6-4-3-5-7-10/h3-7,11H,2,8-9H2,1H3. The lowest BCUT2D eigenvalue weighted by atomic mass is 10.1. The molecule has 1 aliphatic heterocycles. The van der Waals surface area contributed by atoms with E-state index in [-0.39, 0.29) is 6.17 Å². The maximum Gasteiger partial charge on any atom is 0.217 e. The van der Waals surface area contributed by atoms with Crippen LogP contribution in [0.4, 0.5) is 0 Å². The van der Waals surface area contributed by atoms with E-state index in [0.29, 0.717) is 5.11 Å². The van der Waals surface area contributed by atoms with Gasteiger partial charge < -0.3 is 4.90 Å². The summed E-state index contributed by atoms with van der Waals surface area (Å²) in [6, 6.07) is 10.4. The third kappa shape index (κ3) is 2.44. The molecule has 0 radical (unpaired) electrons. The zero-order valence-electron chi connectivity index (χ0n) is 9.34. The van der Waals surface area contributed by atoms with Crippen LogP contribution in [0.2, 0.25) is 0 Å². The smallest absolute Gasteiger partial charge is 0.217 e. The molecule has 84 valence electrons. The molecule has 3 nitrogen and oxygen atoms in total. The van der Waals surface area contributed by atoms with Gasteiger partial charge in [-0.2, -0.15) is 5.11 Å². The molecule has 4 heteroatoms. The highest BCUT2D eigenvalue weighted by molar-refractivity contribution is 7.80. The fraction of sp³-hybridized carbons (Fsp3) is 0.417.